The van der Waals surface area contributed by atoms with Crippen molar-refractivity contribution in [1.29, 1.82) is 0 Å². The Hall–Kier alpha value is -0.150. The Morgan fingerprint density at radius 3 is 1.68 bits per heavy atom. The molecule has 1 aliphatic heterocycles. The summed E-state index contributed by atoms with van der Waals surface area (Å²) in [4.78, 5) is 0. The molecule has 3 fully saturated rings. The van der Waals surface area contributed by atoms with Crippen molar-refractivity contribution < 1.29 is 4.39 Å². The van der Waals surface area contributed by atoms with E-state index in [4.69, 9.17) is 0 Å². The summed E-state index contributed by atoms with van der Waals surface area (Å²) in [5, 5.41) is 7.26. The summed E-state index contributed by atoms with van der Waals surface area (Å²) in [7, 11) is 0. The summed E-state index contributed by atoms with van der Waals surface area (Å²) >= 11 is 0. The molecule has 1 saturated heterocycles. The maximum Gasteiger partial charge on any atom is 0.100 e. The predicted molar refractivity (Wildman–Crippen MR) is 76.7 cm³/mol. The highest BCUT2D eigenvalue weighted by Crippen LogP contribution is 2.41. The Kier molecular flexibility index (Phi) is 4.75. The van der Waals surface area contributed by atoms with E-state index in [1.54, 1.807) is 0 Å². The quantitative estimate of drug-likeness (QED) is 0.803. The van der Waals surface area contributed by atoms with Gasteiger partial charge in [0.25, 0.3) is 0 Å². The minimum absolute atomic E-state index is 0.497. The summed E-state index contributed by atoms with van der Waals surface area (Å²) in [6.07, 6.45) is 10.8. The second kappa shape index (κ2) is 6.53. The Labute approximate surface area is 116 Å². The van der Waals surface area contributed by atoms with E-state index in [-0.39, 0.29) is 0 Å². The van der Waals surface area contributed by atoms with E-state index in [9.17, 15) is 4.39 Å². The summed E-state index contributed by atoms with van der Waals surface area (Å²) in [5.74, 6) is 2.56. The monoisotopic (exact) mass is 268 g/mol. The van der Waals surface area contributed by atoms with Crippen LogP contribution < -0.4 is 10.6 Å². The first-order chi connectivity index (χ1) is 9.33. The Morgan fingerprint density at radius 1 is 0.632 bits per heavy atom. The van der Waals surface area contributed by atoms with Crippen LogP contribution in [-0.4, -0.2) is 25.4 Å². The fourth-order valence-corrected chi connectivity index (χ4v) is 4.51. The average Bonchev–Trinajstić information content (AvgIpc) is 2.49. The minimum Gasteiger partial charge on any atom is -0.302 e. The van der Waals surface area contributed by atoms with Gasteiger partial charge in [0, 0.05) is 0 Å². The van der Waals surface area contributed by atoms with Crippen LogP contribution in [0.2, 0.25) is 0 Å². The van der Waals surface area contributed by atoms with Crippen LogP contribution in [0.4, 0.5) is 4.39 Å². The molecule has 0 aromatic rings. The molecule has 1 heterocycles. The van der Waals surface area contributed by atoms with Crippen molar-refractivity contribution in [2.45, 2.75) is 70.1 Å². The van der Waals surface area contributed by atoms with Gasteiger partial charge in [-0.15, -0.1) is 0 Å². The van der Waals surface area contributed by atoms with Crippen LogP contribution in [0, 0.1) is 17.8 Å². The Balaban J connectivity index is 1.44. The van der Waals surface area contributed by atoms with Gasteiger partial charge >= 0.3 is 0 Å². The van der Waals surface area contributed by atoms with Crippen LogP contribution in [0.3, 0.4) is 0 Å². The van der Waals surface area contributed by atoms with Crippen molar-refractivity contribution in [2.24, 2.45) is 17.8 Å². The van der Waals surface area contributed by atoms with Crippen molar-refractivity contribution >= 4 is 0 Å². The topological polar surface area (TPSA) is 24.1 Å². The van der Waals surface area contributed by atoms with Gasteiger partial charge in [0.1, 0.15) is 6.17 Å². The van der Waals surface area contributed by atoms with Crippen LogP contribution in [0.5, 0.6) is 0 Å². The van der Waals surface area contributed by atoms with Gasteiger partial charge in [-0.3, -0.25) is 0 Å². The maximum atomic E-state index is 13.2. The molecule has 2 N–H and O–H groups in total. The Bertz CT molecular complexity index is 262. The molecule has 110 valence electrons. The molecule has 0 aromatic carbocycles. The standard InChI is InChI=1S/C16H29FN2/c17-15-8-6-13(7-9-15)12-2-4-14(5-3-12)16-18-10-1-11-19-16/h12-16,18-19H,1-11H2. The molecule has 2 aliphatic carbocycles. The normalized spacial score (nSPS) is 42.2. The third-order valence-electron chi connectivity index (χ3n) is 5.74. The third kappa shape index (κ3) is 3.49. The first-order valence-electron chi connectivity index (χ1n) is 8.44. The van der Waals surface area contributed by atoms with Crippen LogP contribution in [-0.2, 0) is 0 Å². The molecule has 2 nitrogen and oxygen atoms in total. The van der Waals surface area contributed by atoms with E-state index in [0.717, 1.165) is 43.4 Å². The molecular formula is C16H29FN2. The third-order valence-corrected chi connectivity index (χ3v) is 5.74. The van der Waals surface area contributed by atoms with E-state index in [2.05, 4.69) is 10.6 Å². The van der Waals surface area contributed by atoms with E-state index in [0.29, 0.717) is 6.17 Å². The van der Waals surface area contributed by atoms with Gasteiger partial charge in [0.15, 0.2) is 0 Å². The number of nitrogens with one attached hydrogen (secondary N) is 2. The highest BCUT2D eigenvalue weighted by atomic mass is 19.1. The first-order valence-corrected chi connectivity index (χ1v) is 8.44. The largest absolute Gasteiger partial charge is 0.302 e. The lowest BCUT2D eigenvalue weighted by Gasteiger charge is -2.40. The van der Waals surface area contributed by atoms with Gasteiger partial charge in [0.05, 0.1) is 6.17 Å². The van der Waals surface area contributed by atoms with E-state index >= 15 is 0 Å². The summed E-state index contributed by atoms with van der Waals surface area (Å²) in [6.45, 7) is 2.36. The number of hydrogen-bond acceptors (Lipinski definition) is 2. The zero-order valence-electron chi connectivity index (χ0n) is 12.0. The SMILES string of the molecule is FC1CCC(C2CCC(C3NCCCN3)CC2)CC1. The zero-order chi connectivity index (χ0) is 13.1. The van der Waals surface area contributed by atoms with Crippen LogP contribution in [0.15, 0.2) is 0 Å². The fraction of sp³-hybridized carbons (Fsp3) is 1.00. The number of halogens is 1. The summed E-state index contributed by atoms with van der Waals surface area (Å²) < 4.78 is 13.2. The highest BCUT2D eigenvalue weighted by molar-refractivity contribution is 4.86. The highest BCUT2D eigenvalue weighted by Gasteiger charge is 2.33. The van der Waals surface area contributed by atoms with E-state index in [1.165, 1.54) is 45.2 Å². The molecule has 0 aromatic heterocycles. The molecule has 0 spiro atoms. The first kappa shape index (κ1) is 13.8. The van der Waals surface area contributed by atoms with Crippen LogP contribution in [0.1, 0.15) is 57.8 Å². The van der Waals surface area contributed by atoms with E-state index < -0.39 is 6.17 Å². The molecule has 0 amide bonds. The summed E-state index contributed by atoms with van der Waals surface area (Å²) in [6, 6.07) is 0. The maximum absolute atomic E-state index is 13.2. The molecule has 2 saturated carbocycles. The smallest absolute Gasteiger partial charge is 0.100 e. The van der Waals surface area contributed by atoms with Crippen molar-refractivity contribution in [3.05, 3.63) is 0 Å². The molecule has 3 aliphatic rings. The lowest BCUT2D eigenvalue weighted by molar-refractivity contribution is 0.110. The van der Waals surface area contributed by atoms with Crippen LogP contribution >= 0.6 is 0 Å². The molecule has 19 heavy (non-hydrogen) atoms. The summed E-state index contributed by atoms with van der Waals surface area (Å²) in [5.41, 5.74) is 0. The second-order valence-corrected chi connectivity index (χ2v) is 6.93. The molecule has 3 heteroatoms. The lowest BCUT2D eigenvalue weighted by Crippen LogP contribution is -2.53. The lowest BCUT2D eigenvalue weighted by atomic mass is 9.70. The Morgan fingerprint density at radius 2 is 1.11 bits per heavy atom. The van der Waals surface area contributed by atoms with Gasteiger partial charge in [-0.05, 0) is 88.6 Å². The van der Waals surface area contributed by atoms with Gasteiger partial charge < -0.3 is 10.6 Å². The van der Waals surface area contributed by atoms with Crippen molar-refractivity contribution in [3.63, 3.8) is 0 Å². The predicted octanol–water partition coefficient (Wildman–Crippen LogP) is 3.23. The fourth-order valence-electron chi connectivity index (χ4n) is 4.51. The van der Waals surface area contributed by atoms with Crippen molar-refractivity contribution in [1.82, 2.24) is 10.6 Å². The molecule has 3 rings (SSSR count). The minimum atomic E-state index is -0.497. The average molecular weight is 268 g/mol. The van der Waals surface area contributed by atoms with Gasteiger partial charge in [0.2, 0.25) is 0 Å². The molecule has 0 radical (unpaired) electrons. The molecule has 0 atom stereocenters. The number of rotatable bonds is 2. The zero-order valence-corrected chi connectivity index (χ0v) is 12.0. The van der Waals surface area contributed by atoms with Gasteiger partial charge in [-0.1, -0.05) is 0 Å². The number of hydrogen-bond donors (Lipinski definition) is 2. The number of alkyl halides is 1. The van der Waals surface area contributed by atoms with Crippen molar-refractivity contribution in [2.75, 3.05) is 13.1 Å². The molecular weight excluding hydrogens is 239 g/mol. The molecule has 0 bridgehead atoms. The van der Waals surface area contributed by atoms with Crippen LogP contribution in [0.25, 0.3) is 0 Å². The van der Waals surface area contributed by atoms with E-state index in [1.807, 2.05) is 0 Å². The van der Waals surface area contributed by atoms with Crippen molar-refractivity contribution in [3.8, 4) is 0 Å². The van der Waals surface area contributed by atoms with Gasteiger partial charge in [-0.25, -0.2) is 4.39 Å². The molecule has 0 unspecified atom stereocenters. The second-order valence-electron chi connectivity index (χ2n) is 6.93. The van der Waals surface area contributed by atoms with Gasteiger partial charge in [-0.2, -0.15) is 0 Å².